The number of isocyanates is 1. The molecule has 0 N–H and O–H groups in total. The first kappa shape index (κ1) is 14.0. The molecule has 0 aromatic heterocycles. The predicted molar refractivity (Wildman–Crippen MR) is 70.9 cm³/mol. The number of ether oxygens (including phenoxy) is 2. The van der Waals surface area contributed by atoms with Crippen molar-refractivity contribution >= 4 is 22.0 Å². The smallest absolute Gasteiger partial charge is 0.235 e. The topological polar surface area (TPSA) is 47.9 Å². The Bertz CT molecular complexity index is 551. The third kappa shape index (κ3) is 2.15. The molecule has 4 nitrogen and oxygen atoms in total. The molecular formula is C13H13BrFNO3. The second-order valence-electron chi connectivity index (χ2n) is 4.37. The Morgan fingerprint density at radius 1 is 1.42 bits per heavy atom. The van der Waals surface area contributed by atoms with E-state index >= 15 is 0 Å². The summed E-state index contributed by atoms with van der Waals surface area (Å²) in [6, 6.07) is 1.62. The Balaban J connectivity index is 2.67. The van der Waals surface area contributed by atoms with E-state index in [0.717, 1.165) is 6.42 Å². The standard InChI is InChI=1S/C13H13BrFNO3/c1-18-9-6-8(14)10(11(15)12(9)19-2)13(16-7-17)4-3-5-13/h6H,3-5H2,1-2H3. The van der Waals surface area contributed by atoms with Crippen LogP contribution in [0, 0.1) is 5.82 Å². The van der Waals surface area contributed by atoms with Crippen molar-refractivity contribution in [3.63, 3.8) is 0 Å². The van der Waals surface area contributed by atoms with Crippen LogP contribution in [0.3, 0.4) is 0 Å². The van der Waals surface area contributed by atoms with Gasteiger partial charge in [0, 0.05) is 10.0 Å². The van der Waals surface area contributed by atoms with Gasteiger partial charge in [0.2, 0.25) is 6.08 Å². The molecule has 0 amide bonds. The number of aliphatic imine (C=N–C) groups is 1. The molecule has 0 radical (unpaired) electrons. The van der Waals surface area contributed by atoms with Gasteiger partial charge in [-0.05, 0) is 25.3 Å². The Morgan fingerprint density at radius 3 is 2.53 bits per heavy atom. The van der Waals surface area contributed by atoms with E-state index in [0.29, 0.717) is 28.6 Å². The van der Waals surface area contributed by atoms with Gasteiger partial charge in [-0.1, -0.05) is 15.9 Å². The first-order chi connectivity index (χ1) is 9.09. The van der Waals surface area contributed by atoms with Crippen LogP contribution in [0.2, 0.25) is 0 Å². The molecule has 0 atom stereocenters. The molecular weight excluding hydrogens is 317 g/mol. The maximum Gasteiger partial charge on any atom is 0.235 e. The van der Waals surface area contributed by atoms with E-state index in [4.69, 9.17) is 9.47 Å². The molecule has 1 aromatic carbocycles. The molecule has 1 aliphatic rings. The van der Waals surface area contributed by atoms with Crippen LogP contribution >= 0.6 is 15.9 Å². The molecule has 0 saturated heterocycles. The summed E-state index contributed by atoms with van der Waals surface area (Å²) in [5, 5.41) is 0. The number of rotatable bonds is 4. The van der Waals surface area contributed by atoms with E-state index in [1.807, 2.05) is 0 Å². The monoisotopic (exact) mass is 329 g/mol. The van der Waals surface area contributed by atoms with Gasteiger partial charge in [0.1, 0.15) is 5.54 Å². The molecule has 102 valence electrons. The summed E-state index contributed by atoms with van der Waals surface area (Å²) >= 11 is 3.32. The molecule has 1 aliphatic carbocycles. The third-order valence-electron chi connectivity index (χ3n) is 3.47. The predicted octanol–water partition coefficient (Wildman–Crippen LogP) is 3.32. The van der Waals surface area contributed by atoms with Crippen LogP contribution in [-0.4, -0.2) is 20.3 Å². The van der Waals surface area contributed by atoms with Crippen molar-refractivity contribution in [2.24, 2.45) is 4.99 Å². The summed E-state index contributed by atoms with van der Waals surface area (Å²) < 4.78 is 25.2. The van der Waals surface area contributed by atoms with E-state index < -0.39 is 11.4 Å². The van der Waals surface area contributed by atoms with E-state index in [1.54, 1.807) is 12.1 Å². The van der Waals surface area contributed by atoms with Gasteiger partial charge in [-0.15, -0.1) is 0 Å². The average molecular weight is 330 g/mol. The molecule has 0 heterocycles. The van der Waals surface area contributed by atoms with Gasteiger partial charge in [-0.3, -0.25) is 0 Å². The fraction of sp³-hybridized carbons (Fsp3) is 0.462. The van der Waals surface area contributed by atoms with Crippen LogP contribution in [0.15, 0.2) is 15.5 Å². The molecule has 0 bridgehead atoms. The van der Waals surface area contributed by atoms with Crippen molar-refractivity contribution in [3.8, 4) is 11.5 Å². The number of hydrogen-bond acceptors (Lipinski definition) is 4. The number of carbonyl (C=O) groups excluding carboxylic acids is 1. The summed E-state index contributed by atoms with van der Waals surface area (Å²) in [5.41, 5.74) is -0.496. The van der Waals surface area contributed by atoms with Gasteiger partial charge in [0.05, 0.1) is 14.2 Å². The summed E-state index contributed by atoms with van der Waals surface area (Å²) in [5.74, 6) is -0.235. The van der Waals surface area contributed by atoms with Crippen molar-refractivity contribution in [2.75, 3.05) is 14.2 Å². The molecule has 19 heavy (non-hydrogen) atoms. The van der Waals surface area contributed by atoms with Gasteiger partial charge in [0.15, 0.2) is 17.3 Å². The normalized spacial score (nSPS) is 16.2. The van der Waals surface area contributed by atoms with Crippen LogP contribution in [0.1, 0.15) is 24.8 Å². The highest BCUT2D eigenvalue weighted by Crippen LogP contribution is 2.51. The number of hydrogen-bond donors (Lipinski definition) is 0. The first-order valence-electron chi connectivity index (χ1n) is 5.79. The summed E-state index contributed by atoms with van der Waals surface area (Å²) in [6.45, 7) is 0. The van der Waals surface area contributed by atoms with Crippen molar-refractivity contribution in [1.29, 1.82) is 0 Å². The van der Waals surface area contributed by atoms with Crippen molar-refractivity contribution in [2.45, 2.75) is 24.8 Å². The first-order valence-corrected chi connectivity index (χ1v) is 6.58. The zero-order chi connectivity index (χ0) is 14.0. The van der Waals surface area contributed by atoms with Gasteiger partial charge in [-0.2, -0.15) is 4.99 Å². The lowest BCUT2D eigenvalue weighted by Crippen LogP contribution is -2.33. The van der Waals surface area contributed by atoms with Gasteiger partial charge in [0.25, 0.3) is 0 Å². The molecule has 1 aromatic rings. The van der Waals surface area contributed by atoms with Crippen molar-refractivity contribution < 1.29 is 18.7 Å². The van der Waals surface area contributed by atoms with E-state index in [2.05, 4.69) is 20.9 Å². The Kier molecular flexibility index (Phi) is 3.92. The fourth-order valence-corrected chi connectivity index (χ4v) is 3.12. The number of nitrogens with zero attached hydrogens (tertiary/aromatic N) is 1. The van der Waals surface area contributed by atoms with Crippen LogP contribution in [0.4, 0.5) is 4.39 Å². The molecule has 6 heteroatoms. The Hall–Kier alpha value is -1.39. The average Bonchev–Trinajstić information content (AvgIpc) is 2.34. The highest BCUT2D eigenvalue weighted by atomic mass is 79.9. The van der Waals surface area contributed by atoms with Gasteiger partial charge >= 0.3 is 0 Å². The van der Waals surface area contributed by atoms with E-state index in [-0.39, 0.29) is 5.75 Å². The quantitative estimate of drug-likeness (QED) is 0.628. The summed E-state index contributed by atoms with van der Waals surface area (Å²) in [4.78, 5) is 14.4. The zero-order valence-electron chi connectivity index (χ0n) is 10.6. The third-order valence-corrected chi connectivity index (χ3v) is 4.09. The van der Waals surface area contributed by atoms with Crippen LogP contribution in [-0.2, 0) is 10.3 Å². The number of benzene rings is 1. The second-order valence-corrected chi connectivity index (χ2v) is 5.23. The highest BCUT2D eigenvalue weighted by Gasteiger charge is 2.43. The van der Waals surface area contributed by atoms with Crippen LogP contribution in [0.5, 0.6) is 11.5 Å². The summed E-state index contributed by atoms with van der Waals surface area (Å²) in [6.07, 6.45) is 3.68. The Morgan fingerprint density at radius 2 is 2.11 bits per heavy atom. The molecule has 1 fully saturated rings. The molecule has 2 rings (SSSR count). The summed E-state index contributed by atoms with van der Waals surface area (Å²) in [7, 11) is 2.81. The van der Waals surface area contributed by atoms with Crippen molar-refractivity contribution in [1.82, 2.24) is 0 Å². The molecule has 0 spiro atoms. The molecule has 0 aliphatic heterocycles. The number of methoxy groups -OCH3 is 2. The van der Waals surface area contributed by atoms with Crippen molar-refractivity contribution in [3.05, 3.63) is 21.9 Å². The van der Waals surface area contributed by atoms with Gasteiger partial charge in [-0.25, -0.2) is 9.18 Å². The van der Waals surface area contributed by atoms with E-state index in [1.165, 1.54) is 14.2 Å². The SMILES string of the molecule is COc1cc(Br)c(C2(N=C=O)CCC2)c(F)c1OC. The minimum atomic E-state index is -0.829. The van der Waals surface area contributed by atoms with Crippen LogP contribution in [0.25, 0.3) is 0 Å². The lowest BCUT2D eigenvalue weighted by atomic mass is 9.72. The fourth-order valence-electron chi connectivity index (χ4n) is 2.36. The minimum absolute atomic E-state index is 0.0214. The van der Waals surface area contributed by atoms with E-state index in [9.17, 15) is 9.18 Å². The number of halogens is 2. The molecule has 1 saturated carbocycles. The second kappa shape index (κ2) is 5.31. The minimum Gasteiger partial charge on any atom is -0.493 e. The maximum absolute atomic E-state index is 14.6. The zero-order valence-corrected chi connectivity index (χ0v) is 12.2. The highest BCUT2D eigenvalue weighted by molar-refractivity contribution is 9.10. The van der Waals surface area contributed by atoms with Crippen LogP contribution < -0.4 is 9.47 Å². The largest absolute Gasteiger partial charge is 0.493 e. The van der Waals surface area contributed by atoms with Gasteiger partial charge < -0.3 is 9.47 Å². The lowest BCUT2D eigenvalue weighted by Gasteiger charge is -2.38. The maximum atomic E-state index is 14.6. The Labute approximate surface area is 118 Å². The lowest BCUT2D eigenvalue weighted by molar-refractivity contribution is 0.241. The molecule has 0 unspecified atom stereocenters.